The average Bonchev–Trinajstić information content (AvgIpc) is 2.93. The molecule has 23 heavy (non-hydrogen) atoms. The number of anilines is 1. The molecule has 0 bridgehead atoms. The first kappa shape index (κ1) is 14.8. The molecule has 6 nitrogen and oxygen atoms in total. The molecular weight excluding hydrogens is 427 g/mol. The zero-order valence-corrected chi connectivity index (χ0v) is 15.0. The van der Waals surface area contributed by atoms with E-state index in [2.05, 4.69) is 43.1 Å². The van der Waals surface area contributed by atoms with E-state index in [9.17, 15) is 0 Å². The summed E-state index contributed by atoms with van der Waals surface area (Å²) < 4.78 is 12.5. The third-order valence-corrected chi connectivity index (χ3v) is 4.49. The molecule has 0 saturated heterocycles. The average molecular weight is 438 g/mol. The highest BCUT2D eigenvalue weighted by molar-refractivity contribution is 14.1. The lowest BCUT2D eigenvalue weighted by Crippen LogP contribution is -2.16. The van der Waals surface area contributed by atoms with Gasteiger partial charge in [0.1, 0.15) is 0 Å². The molecule has 1 aliphatic rings. The van der Waals surface area contributed by atoms with Gasteiger partial charge in [-0.1, -0.05) is 30.0 Å². The van der Waals surface area contributed by atoms with Gasteiger partial charge >= 0.3 is 0 Å². The molecule has 1 aromatic carbocycles. The standard InChI is InChI=1S/C15H11IN4O2S/c1-23-15-18-14-12(19-20-15)8-4-2-3-5-9(8)17-13(22-14)10-6-7-11(16)21-10/h2-7,13,17H,1H3/t13-/m0/s1. The number of thioether (sulfide) groups is 1. The summed E-state index contributed by atoms with van der Waals surface area (Å²) in [6.07, 6.45) is 1.42. The molecule has 0 aliphatic carbocycles. The van der Waals surface area contributed by atoms with Gasteiger partial charge in [0.25, 0.3) is 0 Å². The Morgan fingerprint density at radius 1 is 1.17 bits per heavy atom. The van der Waals surface area contributed by atoms with Crippen LogP contribution in [0.15, 0.2) is 46.0 Å². The van der Waals surface area contributed by atoms with Crippen molar-refractivity contribution in [2.24, 2.45) is 0 Å². The monoisotopic (exact) mass is 438 g/mol. The van der Waals surface area contributed by atoms with Crippen molar-refractivity contribution in [1.82, 2.24) is 15.2 Å². The van der Waals surface area contributed by atoms with Crippen molar-refractivity contribution in [3.8, 4) is 17.1 Å². The van der Waals surface area contributed by atoms with E-state index in [1.165, 1.54) is 11.8 Å². The quantitative estimate of drug-likeness (QED) is 0.480. The first-order valence-corrected chi connectivity index (χ1v) is 9.11. The minimum atomic E-state index is -0.479. The largest absolute Gasteiger partial charge is 0.449 e. The van der Waals surface area contributed by atoms with Crippen molar-refractivity contribution < 1.29 is 9.15 Å². The predicted molar refractivity (Wildman–Crippen MR) is 95.5 cm³/mol. The van der Waals surface area contributed by atoms with Crippen molar-refractivity contribution in [3.63, 3.8) is 0 Å². The number of rotatable bonds is 2. The van der Waals surface area contributed by atoms with Crippen LogP contribution in [-0.2, 0) is 0 Å². The van der Waals surface area contributed by atoms with E-state index in [0.29, 0.717) is 22.5 Å². The molecule has 0 unspecified atom stereocenters. The minimum Gasteiger partial charge on any atom is -0.449 e. The summed E-state index contributed by atoms with van der Waals surface area (Å²) in [5.74, 6) is 1.12. The van der Waals surface area contributed by atoms with Gasteiger partial charge in [-0.15, -0.1) is 10.2 Å². The van der Waals surface area contributed by atoms with Crippen molar-refractivity contribution in [2.75, 3.05) is 11.6 Å². The van der Waals surface area contributed by atoms with Gasteiger partial charge in [-0.25, -0.2) is 0 Å². The normalized spacial score (nSPS) is 15.8. The number of para-hydroxylation sites is 1. The van der Waals surface area contributed by atoms with Crippen LogP contribution in [0.25, 0.3) is 11.3 Å². The van der Waals surface area contributed by atoms with E-state index in [1.807, 2.05) is 42.7 Å². The van der Waals surface area contributed by atoms with Crippen LogP contribution in [0.4, 0.5) is 5.69 Å². The molecule has 0 fully saturated rings. The third-order valence-electron chi connectivity index (χ3n) is 3.37. The molecule has 1 atom stereocenters. The summed E-state index contributed by atoms with van der Waals surface area (Å²) >= 11 is 3.55. The molecule has 8 heteroatoms. The maximum atomic E-state index is 6.05. The summed E-state index contributed by atoms with van der Waals surface area (Å²) in [7, 11) is 0. The number of nitrogens with zero attached hydrogens (tertiary/aromatic N) is 3. The zero-order chi connectivity index (χ0) is 15.8. The summed E-state index contributed by atoms with van der Waals surface area (Å²) in [6.45, 7) is 0. The van der Waals surface area contributed by atoms with Crippen LogP contribution in [0, 0.1) is 3.77 Å². The first-order chi connectivity index (χ1) is 11.2. The molecule has 1 N–H and O–H groups in total. The lowest BCUT2D eigenvalue weighted by atomic mass is 10.1. The summed E-state index contributed by atoms with van der Waals surface area (Å²) in [4.78, 5) is 4.46. The van der Waals surface area contributed by atoms with Crippen molar-refractivity contribution >= 4 is 40.0 Å². The number of ether oxygens (including phenoxy) is 1. The van der Waals surface area contributed by atoms with Gasteiger partial charge in [-0.05, 0) is 47.0 Å². The predicted octanol–water partition coefficient (Wildman–Crippen LogP) is 3.96. The Kier molecular flexibility index (Phi) is 3.85. The number of furan rings is 1. The Morgan fingerprint density at radius 3 is 2.83 bits per heavy atom. The van der Waals surface area contributed by atoms with E-state index in [1.54, 1.807) is 0 Å². The molecule has 0 spiro atoms. The fourth-order valence-electron chi connectivity index (χ4n) is 2.33. The Labute approximate surface area is 150 Å². The lowest BCUT2D eigenvalue weighted by molar-refractivity contribution is 0.193. The summed E-state index contributed by atoms with van der Waals surface area (Å²) in [5, 5.41) is 12.3. The van der Waals surface area contributed by atoms with Crippen LogP contribution in [0.2, 0.25) is 0 Å². The number of nitrogens with one attached hydrogen (secondary N) is 1. The third kappa shape index (κ3) is 2.76. The van der Waals surface area contributed by atoms with Crippen LogP contribution >= 0.6 is 34.4 Å². The lowest BCUT2D eigenvalue weighted by Gasteiger charge is -2.16. The number of halogens is 1. The topological polar surface area (TPSA) is 73.1 Å². The second-order valence-electron chi connectivity index (χ2n) is 4.78. The fourth-order valence-corrected chi connectivity index (χ4v) is 3.06. The smallest absolute Gasteiger partial charge is 0.247 e. The van der Waals surface area contributed by atoms with Crippen LogP contribution < -0.4 is 10.1 Å². The molecule has 0 amide bonds. The Hall–Kier alpha value is -1.81. The number of aromatic nitrogens is 3. The van der Waals surface area contributed by atoms with Crippen LogP contribution in [-0.4, -0.2) is 21.4 Å². The number of hydrogen-bond acceptors (Lipinski definition) is 7. The van der Waals surface area contributed by atoms with Crippen LogP contribution in [0.3, 0.4) is 0 Å². The van der Waals surface area contributed by atoms with Gasteiger partial charge in [0.05, 0.1) is 0 Å². The van der Waals surface area contributed by atoms with Crippen molar-refractivity contribution in [2.45, 2.75) is 11.4 Å². The first-order valence-electron chi connectivity index (χ1n) is 6.81. The van der Waals surface area contributed by atoms with Crippen molar-refractivity contribution in [3.05, 3.63) is 45.9 Å². The van der Waals surface area contributed by atoms with Crippen molar-refractivity contribution in [1.29, 1.82) is 0 Å². The van der Waals surface area contributed by atoms with E-state index < -0.39 is 6.23 Å². The van der Waals surface area contributed by atoms with Gasteiger partial charge in [0, 0.05) is 11.3 Å². The van der Waals surface area contributed by atoms with Gasteiger partial charge in [0.15, 0.2) is 15.2 Å². The van der Waals surface area contributed by atoms with Gasteiger partial charge in [-0.2, -0.15) is 4.98 Å². The molecular formula is C15H11IN4O2S. The molecule has 4 rings (SSSR count). The SMILES string of the molecule is CSc1nnc2c(n1)O[C@@H](c1ccc(I)o1)Nc1ccccc1-2. The molecule has 0 saturated carbocycles. The molecule has 0 radical (unpaired) electrons. The van der Waals surface area contributed by atoms with E-state index >= 15 is 0 Å². The Bertz CT molecular complexity index is 870. The zero-order valence-electron chi connectivity index (χ0n) is 12.0. The highest BCUT2D eigenvalue weighted by Gasteiger charge is 2.27. The highest BCUT2D eigenvalue weighted by atomic mass is 127. The minimum absolute atomic E-state index is 0.443. The number of fused-ring (bicyclic) bond motifs is 3. The summed E-state index contributed by atoms with van der Waals surface area (Å²) in [5.41, 5.74) is 2.42. The van der Waals surface area contributed by atoms with E-state index in [-0.39, 0.29) is 0 Å². The molecule has 116 valence electrons. The molecule has 3 heterocycles. The van der Waals surface area contributed by atoms with Gasteiger partial charge < -0.3 is 14.5 Å². The second kappa shape index (κ2) is 6.00. The highest BCUT2D eigenvalue weighted by Crippen LogP contribution is 2.39. The van der Waals surface area contributed by atoms with Crippen LogP contribution in [0.5, 0.6) is 5.88 Å². The number of benzene rings is 1. The van der Waals surface area contributed by atoms with Crippen LogP contribution in [0.1, 0.15) is 12.0 Å². The van der Waals surface area contributed by atoms with Gasteiger partial charge in [-0.3, -0.25) is 0 Å². The fraction of sp³-hybridized carbons (Fsp3) is 0.133. The Balaban J connectivity index is 1.87. The molecule has 1 aliphatic heterocycles. The second-order valence-corrected chi connectivity index (χ2v) is 6.62. The van der Waals surface area contributed by atoms with Gasteiger partial charge in [0.2, 0.25) is 17.3 Å². The maximum Gasteiger partial charge on any atom is 0.247 e. The van der Waals surface area contributed by atoms with E-state index in [4.69, 9.17) is 9.15 Å². The molecule has 3 aromatic rings. The summed E-state index contributed by atoms with van der Waals surface area (Å²) in [6, 6.07) is 11.6. The van der Waals surface area contributed by atoms with E-state index in [0.717, 1.165) is 15.0 Å². The Morgan fingerprint density at radius 2 is 2.04 bits per heavy atom. The number of hydrogen-bond donors (Lipinski definition) is 1. The molecule has 2 aromatic heterocycles. The maximum absolute atomic E-state index is 6.05.